The van der Waals surface area contributed by atoms with Crippen molar-refractivity contribution in [2.45, 2.75) is 26.7 Å². The van der Waals surface area contributed by atoms with Crippen molar-refractivity contribution in [1.82, 2.24) is 29.8 Å². The van der Waals surface area contributed by atoms with E-state index < -0.39 is 0 Å². The largest absolute Gasteiger partial charge is 0.305 e. The first-order valence-corrected chi connectivity index (χ1v) is 6.70. The summed E-state index contributed by atoms with van der Waals surface area (Å²) >= 11 is 0. The minimum Gasteiger partial charge on any atom is -0.305 e. The zero-order valence-corrected chi connectivity index (χ0v) is 11.8. The van der Waals surface area contributed by atoms with E-state index in [1.807, 2.05) is 6.07 Å². The number of H-pyrrole nitrogens is 1. The van der Waals surface area contributed by atoms with Crippen molar-refractivity contribution in [2.24, 2.45) is 0 Å². The number of rotatable bonds is 4. The molecular weight excluding hydrogens is 270 g/mol. The first-order chi connectivity index (χ1) is 10.2. The fourth-order valence-electron chi connectivity index (χ4n) is 2.12. The van der Waals surface area contributed by atoms with E-state index in [-0.39, 0.29) is 5.91 Å². The van der Waals surface area contributed by atoms with Gasteiger partial charge in [0.15, 0.2) is 5.82 Å². The molecule has 0 aromatic carbocycles. The second kappa shape index (κ2) is 5.31. The van der Waals surface area contributed by atoms with Gasteiger partial charge in [-0.05, 0) is 13.3 Å². The molecule has 108 valence electrons. The van der Waals surface area contributed by atoms with Crippen molar-refractivity contribution in [3.8, 4) is 0 Å². The standard InChI is InChI=1S/C13H15N7O/c1-3-4-9-5-11(19-18-9)17-12(21)10-6-14-13-15-7-16-20(13)8(10)2/h5-7H,3-4H2,1-2H3,(H2,17,18,19,21). The molecule has 8 heteroatoms. The van der Waals surface area contributed by atoms with Gasteiger partial charge in [-0.25, -0.2) is 9.50 Å². The number of hydrogen-bond acceptors (Lipinski definition) is 5. The first-order valence-electron chi connectivity index (χ1n) is 6.70. The minimum atomic E-state index is -0.271. The third-order valence-electron chi connectivity index (χ3n) is 3.18. The molecule has 0 atom stereocenters. The van der Waals surface area contributed by atoms with Crippen LogP contribution in [0.25, 0.3) is 5.78 Å². The SMILES string of the molecule is CCCc1cc(NC(=O)c2cnc3ncnn3c2C)n[nH]1. The molecule has 0 fully saturated rings. The molecule has 0 unspecified atom stereocenters. The van der Waals surface area contributed by atoms with Crippen molar-refractivity contribution in [3.63, 3.8) is 0 Å². The van der Waals surface area contributed by atoms with Crippen LogP contribution in [0.15, 0.2) is 18.6 Å². The molecule has 0 radical (unpaired) electrons. The van der Waals surface area contributed by atoms with E-state index >= 15 is 0 Å². The van der Waals surface area contributed by atoms with Crippen molar-refractivity contribution >= 4 is 17.5 Å². The number of aromatic amines is 1. The van der Waals surface area contributed by atoms with Crippen LogP contribution in [0.2, 0.25) is 0 Å². The molecule has 0 aliphatic rings. The number of hydrogen-bond donors (Lipinski definition) is 2. The molecule has 0 saturated carbocycles. The quantitative estimate of drug-likeness (QED) is 0.753. The van der Waals surface area contributed by atoms with Crippen molar-refractivity contribution < 1.29 is 4.79 Å². The van der Waals surface area contributed by atoms with Gasteiger partial charge in [-0.15, -0.1) is 0 Å². The highest BCUT2D eigenvalue weighted by Crippen LogP contribution is 2.12. The van der Waals surface area contributed by atoms with Crippen LogP contribution in [0.5, 0.6) is 0 Å². The third kappa shape index (κ3) is 2.47. The van der Waals surface area contributed by atoms with Gasteiger partial charge in [0.2, 0.25) is 0 Å². The van der Waals surface area contributed by atoms with Crippen molar-refractivity contribution in [1.29, 1.82) is 0 Å². The molecule has 3 aromatic rings. The van der Waals surface area contributed by atoms with Gasteiger partial charge in [0, 0.05) is 18.0 Å². The van der Waals surface area contributed by atoms with Crippen molar-refractivity contribution in [3.05, 3.63) is 35.5 Å². The lowest BCUT2D eigenvalue weighted by Gasteiger charge is -2.05. The monoisotopic (exact) mass is 285 g/mol. The van der Waals surface area contributed by atoms with Crippen LogP contribution in [-0.4, -0.2) is 35.7 Å². The van der Waals surface area contributed by atoms with E-state index in [9.17, 15) is 4.79 Å². The maximum atomic E-state index is 12.3. The van der Waals surface area contributed by atoms with E-state index in [0.717, 1.165) is 18.5 Å². The predicted molar refractivity (Wildman–Crippen MR) is 76.1 cm³/mol. The summed E-state index contributed by atoms with van der Waals surface area (Å²) in [4.78, 5) is 20.4. The molecule has 0 bridgehead atoms. The molecule has 0 saturated heterocycles. The first kappa shape index (κ1) is 13.2. The third-order valence-corrected chi connectivity index (χ3v) is 3.18. The molecule has 8 nitrogen and oxygen atoms in total. The maximum Gasteiger partial charge on any atom is 0.260 e. The van der Waals surface area contributed by atoms with Crippen LogP contribution in [0.4, 0.5) is 5.82 Å². The Kier molecular flexibility index (Phi) is 3.35. The van der Waals surface area contributed by atoms with E-state index in [0.29, 0.717) is 22.9 Å². The fourth-order valence-corrected chi connectivity index (χ4v) is 2.12. The van der Waals surface area contributed by atoms with Crippen LogP contribution < -0.4 is 5.32 Å². The Morgan fingerprint density at radius 3 is 3.10 bits per heavy atom. The lowest BCUT2D eigenvalue weighted by molar-refractivity contribution is 0.102. The van der Waals surface area contributed by atoms with Crippen LogP contribution in [0, 0.1) is 6.92 Å². The number of nitrogens with one attached hydrogen (secondary N) is 2. The number of carbonyl (C=O) groups excluding carboxylic acids is 1. The summed E-state index contributed by atoms with van der Waals surface area (Å²) in [5.41, 5.74) is 2.11. The van der Waals surface area contributed by atoms with Gasteiger partial charge in [-0.2, -0.15) is 15.2 Å². The van der Waals surface area contributed by atoms with Gasteiger partial charge in [-0.1, -0.05) is 13.3 Å². The average Bonchev–Trinajstić information content (AvgIpc) is 3.09. The molecule has 0 aliphatic carbocycles. The van der Waals surface area contributed by atoms with Crippen molar-refractivity contribution in [2.75, 3.05) is 5.32 Å². The molecule has 0 aliphatic heterocycles. The summed E-state index contributed by atoms with van der Waals surface area (Å²) in [7, 11) is 0. The van der Waals surface area contributed by atoms with E-state index in [1.54, 1.807) is 6.92 Å². The molecule has 21 heavy (non-hydrogen) atoms. The molecule has 0 spiro atoms. The fraction of sp³-hybridized carbons (Fsp3) is 0.308. The zero-order valence-electron chi connectivity index (χ0n) is 11.8. The van der Waals surface area contributed by atoms with Gasteiger partial charge >= 0.3 is 0 Å². The Morgan fingerprint density at radius 1 is 1.43 bits per heavy atom. The molecule has 2 N–H and O–H groups in total. The smallest absolute Gasteiger partial charge is 0.260 e. The summed E-state index contributed by atoms with van der Waals surface area (Å²) in [5.74, 6) is 0.697. The van der Waals surface area contributed by atoms with E-state index in [4.69, 9.17) is 0 Å². The highest BCUT2D eigenvalue weighted by Gasteiger charge is 2.15. The van der Waals surface area contributed by atoms with Gasteiger partial charge in [0.25, 0.3) is 11.7 Å². The number of nitrogens with zero attached hydrogens (tertiary/aromatic N) is 5. The molecule has 3 rings (SSSR count). The summed E-state index contributed by atoms with van der Waals surface area (Å²) in [5, 5.41) is 13.8. The number of aromatic nitrogens is 6. The molecule has 3 heterocycles. The lowest BCUT2D eigenvalue weighted by Crippen LogP contribution is -2.16. The maximum absolute atomic E-state index is 12.3. The molecular formula is C13H15N7O. The van der Waals surface area contributed by atoms with Gasteiger partial charge in [0.1, 0.15) is 6.33 Å². The molecule has 3 aromatic heterocycles. The van der Waals surface area contributed by atoms with E-state index in [2.05, 4.69) is 37.5 Å². The minimum absolute atomic E-state index is 0.271. The Hall–Kier alpha value is -2.77. The topological polar surface area (TPSA) is 101 Å². The summed E-state index contributed by atoms with van der Waals surface area (Å²) in [6.45, 7) is 3.88. The number of amides is 1. The summed E-state index contributed by atoms with van der Waals surface area (Å²) in [6, 6.07) is 1.83. The second-order valence-electron chi connectivity index (χ2n) is 4.71. The lowest BCUT2D eigenvalue weighted by atomic mass is 10.2. The number of fused-ring (bicyclic) bond motifs is 1. The Bertz CT molecular complexity index is 789. The second-order valence-corrected chi connectivity index (χ2v) is 4.71. The number of carbonyl (C=O) groups is 1. The summed E-state index contributed by atoms with van der Waals surface area (Å²) < 4.78 is 1.53. The number of aryl methyl sites for hydroxylation is 2. The normalized spacial score (nSPS) is 11.0. The Labute approximate surface area is 120 Å². The Balaban J connectivity index is 1.84. The highest BCUT2D eigenvalue weighted by molar-refractivity contribution is 6.04. The van der Waals surface area contributed by atoms with Crippen LogP contribution >= 0.6 is 0 Å². The van der Waals surface area contributed by atoms with Gasteiger partial charge in [-0.3, -0.25) is 9.89 Å². The Morgan fingerprint density at radius 2 is 2.29 bits per heavy atom. The van der Waals surface area contributed by atoms with Gasteiger partial charge in [0.05, 0.1) is 11.3 Å². The highest BCUT2D eigenvalue weighted by atomic mass is 16.1. The zero-order chi connectivity index (χ0) is 14.8. The average molecular weight is 285 g/mol. The number of anilines is 1. The van der Waals surface area contributed by atoms with Gasteiger partial charge < -0.3 is 5.32 Å². The molecule has 1 amide bonds. The van der Waals surface area contributed by atoms with E-state index in [1.165, 1.54) is 17.0 Å². The van der Waals surface area contributed by atoms with Crippen LogP contribution in [0.3, 0.4) is 0 Å². The van der Waals surface area contributed by atoms with Crippen LogP contribution in [0.1, 0.15) is 35.1 Å². The summed E-state index contributed by atoms with van der Waals surface area (Å²) in [6.07, 6.45) is 4.81. The predicted octanol–water partition coefficient (Wildman–Crippen LogP) is 1.36. The van der Waals surface area contributed by atoms with Crippen LogP contribution in [-0.2, 0) is 6.42 Å².